The van der Waals surface area contributed by atoms with Crippen LogP contribution in [0.15, 0.2) is 71.9 Å². The van der Waals surface area contributed by atoms with Crippen molar-refractivity contribution in [2.45, 2.75) is 17.2 Å². The van der Waals surface area contributed by atoms with Crippen molar-refractivity contribution in [1.82, 2.24) is 4.98 Å². The van der Waals surface area contributed by atoms with Gasteiger partial charge in [-0.2, -0.15) is 0 Å². The second kappa shape index (κ2) is 8.93. The van der Waals surface area contributed by atoms with Gasteiger partial charge in [0.25, 0.3) is 0 Å². The van der Waals surface area contributed by atoms with E-state index in [4.69, 9.17) is 16.3 Å². The Morgan fingerprint density at radius 2 is 1.93 bits per heavy atom. The minimum atomic E-state index is -0.468. The number of hydrogen-bond acceptors (Lipinski definition) is 4. The molecular weight excluding hydrogens is 380 g/mol. The first-order chi connectivity index (χ1) is 13.1. The summed E-state index contributed by atoms with van der Waals surface area (Å²) in [4.78, 5) is 17.4. The Bertz CT molecular complexity index is 917. The number of carbonyl (C=O) groups excluding carboxylic acids is 1. The van der Waals surface area contributed by atoms with Gasteiger partial charge in [0.2, 0.25) is 5.91 Å². The molecule has 6 heteroatoms. The number of benzene rings is 2. The van der Waals surface area contributed by atoms with Crippen LogP contribution in [-0.4, -0.2) is 18.0 Å². The molecule has 0 aliphatic rings. The molecule has 0 aliphatic heterocycles. The molecule has 2 aromatic carbocycles. The summed E-state index contributed by atoms with van der Waals surface area (Å²) in [7, 11) is 1.58. The van der Waals surface area contributed by atoms with E-state index in [0.29, 0.717) is 16.5 Å². The monoisotopic (exact) mass is 398 g/mol. The second-order valence-corrected chi connectivity index (χ2v) is 7.48. The molecule has 0 radical (unpaired) electrons. The van der Waals surface area contributed by atoms with Crippen molar-refractivity contribution in [3.63, 3.8) is 0 Å². The van der Waals surface area contributed by atoms with Crippen molar-refractivity contribution in [2.75, 3.05) is 12.4 Å². The molecule has 0 bridgehead atoms. The zero-order valence-electron chi connectivity index (χ0n) is 15.0. The number of thioether (sulfide) groups is 1. The van der Waals surface area contributed by atoms with E-state index in [1.165, 1.54) is 11.8 Å². The van der Waals surface area contributed by atoms with E-state index in [1.54, 1.807) is 19.4 Å². The van der Waals surface area contributed by atoms with Gasteiger partial charge in [0.15, 0.2) is 0 Å². The summed E-state index contributed by atoms with van der Waals surface area (Å²) >= 11 is 7.29. The third-order valence-corrected chi connectivity index (χ3v) is 5.32. The Labute approximate surface area is 167 Å². The zero-order chi connectivity index (χ0) is 19.2. The van der Waals surface area contributed by atoms with E-state index in [0.717, 1.165) is 16.2 Å². The fourth-order valence-electron chi connectivity index (χ4n) is 2.57. The molecule has 1 heterocycles. The van der Waals surface area contributed by atoms with Gasteiger partial charge in [0.1, 0.15) is 11.0 Å². The molecular formula is C21H19ClN2O2S. The Balaban J connectivity index is 1.89. The summed E-state index contributed by atoms with van der Waals surface area (Å²) in [6.45, 7) is 1.97. The van der Waals surface area contributed by atoms with Crippen molar-refractivity contribution in [3.05, 3.63) is 83.0 Å². The van der Waals surface area contributed by atoms with Gasteiger partial charge >= 0.3 is 0 Å². The highest BCUT2D eigenvalue weighted by Gasteiger charge is 2.23. The van der Waals surface area contributed by atoms with Crippen molar-refractivity contribution < 1.29 is 9.53 Å². The molecule has 0 aliphatic carbocycles. The zero-order valence-corrected chi connectivity index (χ0v) is 16.6. The lowest BCUT2D eigenvalue weighted by molar-refractivity contribution is -0.115. The number of aryl methyl sites for hydroxylation is 1. The summed E-state index contributed by atoms with van der Waals surface area (Å²) in [6.07, 6.45) is 1.58. The van der Waals surface area contributed by atoms with E-state index in [-0.39, 0.29) is 5.91 Å². The maximum Gasteiger partial charge on any atom is 0.242 e. The Morgan fingerprint density at radius 3 is 2.59 bits per heavy atom. The molecule has 0 saturated heterocycles. The molecule has 27 heavy (non-hydrogen) atoms. The molecule has 3 aromatic rings. The maximum atomic E-state index is 13.1. The van der Waals surface area contributed by atoms with Gasteiger partial charge in [0, 0.05) is 6.20 Å². The average Bonchev–Trinajstić information content (AvgIpc) is 2.68. The SMILES string of the molecule is COc1ccc(C)cc1NC(=O)C(Sc1ccc(Cl)cn1)c1ccccc1. The van der Waals surface area contributed by atoms with Gasteiger partial charge in [-0.1, -0.05) is 59.8 Å². The number of carbonyl (C=O) groups is 1. The summed E-state index contributed by atoms with van der Waals surface area (Å²) in [6, 6.07) is 18.9. The summed E-state index contributed by atoms with van der Waals surface area (Å²) in [5.41, 5.74) is 2.57. The predicted molar refractivity (Wildman–Crippen MR) is 111 cm³/mol. The number of pyridine rings is 1. The van der Waals surface area contributed by atoms with Gasteiger partial charge < -0.3 is 10.1 Å². The first-order valence-electron chi connectivity index (χ1n) is 8.35. The number of methoxy groups -OCH3 is 1. The van der Waals surface area contributed by atoms with E-state index >= 15 is 0 Å². The van der Waals surface area contributed by atoms with E-state index in [1.807, 2.05) is 61.5 Å². The second-order valence-electron chi connectivity index (χ2n) is 5.92. The first kappa shape index (κ1) is 19.3. The van der Waals surface area contributed by atoms with Crippen LogP contribution in [0.4, 0.5) is 5.69 Å². The molecule has 138 valence electrons. The van der Waals surface area contributed by atoms with E-state index in [9.17, 15) is 4.79 Å². The van der Waals surface area contributed by atoms with Crippen LogP contribution < -0.4 is 10.1 Å². The molecule has 0 spiro atoms. The largest absolute Gasteiger partial charge is 0.495 e. The Hall–Kier alpha value is -2.50. The third-order valence-electron chi connectivity index (χ3n) is 3.89. The number of rotatable bonds is 6. The lowest BCUT2D eigenvalue weighted by Gasteiger charge is -2.18. The number of halogens is 1. The third kappa shape index (κ3) is 5.02. The molecule has 3 rings (SSSR count). The summed E-state index contributed by atoms with van der Waals surface area (Å²) in [5.74, 6) is 0.474. The van der Waals surface area contributed by atoms with Crippen LogP contribution >= 0.6 is 23.4 Å². The van der Waals surface area contributed by atoms with Crippen LogP contribution in [0.1, 0.15) is 16.4 Å². The fraction of sp³-hybridized carbons (Fsp3) is 0.143. The minimum absolute atomic E-state index is 0.146. The van der Waals surface area contributed by atoms with Crippen molar-refractivity contribution in [2.24, 2.45) is 0 Å². The minimum Gasteiger partial charge on any atom is -0.495 e. The van der Waals surface area contributed by atoms with Crippen molar-refractivity contribution in [1.29, 1.82) is 0 Å². The lowest BCUT2D eigenvalue weighted by atomic mass is 10.1. The van der Waals surface area contributed by atoms with Crippen LogP contribution in [-0.2, 0) is 4.79 Å². The van der Waals surface area contributed by atoms with Crippen LogP contribution in [0, 0.1) is 6.92 Å². The highest BCUT2D eigenvalue weighted by molar-refractivity contribution is 8.00. The highest BCUT2D eigenvalue weighted by atomic mass is 35.5. The Morgan fingerprint density at radius 1 is 1.15 bits per heavy atom. The molecule has 1 N–H and O–H groups in total. The molecule has 1 unspecified atom stereocenters. The number of ether oxygens (including phenoxy) is 1. The van der Waals surface area contributed by atoms with Crippen LogP contribution in [0.25, 0.3) is 0 Å². The standard InChI is InChI=1S/C21H19ClN2O2S/c1-14-8-10-18(26-2)17(12-14)24-21(25)20(15-6-4-3-5-7-15)27-19-11-9-16(22)13-23-19/h3-13,20H,1-2H3,(H,24,25). The molecule has 0 saturated carbocycles. The molecule has 1 aromatic heterocycles. The number of nitrogens with zero attached hydrogens (tertiary/aromatic N) is 1. The summed E-state index contributed by atoms with van der Waals surface area (Å²) < 4.78 is 5.37. The van der Waals surface area contributed by atoms with Crippen molar-refractivity contribution in [3.8, 4) is 5.75 Å². The van der Waals surface area contributed by atoms with Crippen LogP contribution in [0.2, 0.25) is 5.02 Å². The van der Waals surface area contributed by atoms with Crippen molar-refractivity contribution >= 4 is 35.0 Å². The first-order valence-corrected chi connectivity index (χ1v) is 9.61. The average molecular weight is 399 g/mol. The van der Waals surface area contributed by atoms with Gasteiger partial charge in [-0.15, -0.1) is 0 Å². The smallest absolute Gasteiger partial charge is 0.242 e. The number of amides is 1. The topological polar surface area (TPSA) is 51.2 Å². The number of nitrogens with one attached hydrogen (secondary N) is 1. The fourth-order valence-corrected chi connectivity index (χ4v) is 3.64. The van der Waals surface area contributed by atoms with E-state index < -0.39 is 5.25 Å². The van der Waals surface area contributed by atoms with Crippen LogP contribution in [0.5, 0.6) is 5.75 Å². The molecule has 4 nitrogen and oxygen atoms in total. The quantitative estimate of drug-likeness (QED) is 0.555. The number of hydrogen-bond donors (Lipinski definition) is 1. The molecule has 0 fully saturated rings. The van der Waals surface area contributed by atoms with E-state index in [2.05, 4.69) is 10.3 Å². The highest BCUT2D eigenvalue weighted by Crippen LogP contribution is 2.36. The number of anilines is 1. The predicted octanol–water partition coefficient (Wildman–Crippen LogP) is 5.52. The lowest BCUT2D eigenvalue weighted by Crippen LogP contribution is -2.19. The van der Waals surface area contributed by atoms with Gasteiger partial charge in [-0.3, -0.25) is 4.79 Å². The maximum absolute atomic E-state index is 13.1. The summed E-state index contributed by atoms with van der Waals surface area (Å²) in [5, 5.41) is 3.81. The van der Waals surface area contributed by atoms with Gasteiger partial charge in [-0.25, -0.2) is 4.98 Å². The van der Waals surface area contributed by atoms with Gasteiger partial charge in [-0.05, 0) is 42.3 Å². The molecule has 1 amide bonds. The number of aromatic nitrogens is 1. The normalized spacial score (nSPS) is 11.7. The Kier molecular flexibility index (Phi) is 6.37. The van der Waals surface area contributed by atoms with Crippen LogP contribution in [0.3, 0.4) is 0 Å². The van der Waals surface area contributed by atoms with Gasteiger partial charge in [0.05, 0.1) is 22.8 Å². The molecule has 1 atom stereocenters.